The van der Waals surface area contributed by atoms with Gasteiger partial charge in [-0.15, -0.1) is 0 Å². The number of methoxy groups -OCH3 is 1. The van der Waals surface area contributed by atoms with Gasteiger partial charge in [0.1, 0.15) is 5.75 Å². The normalized spacial score (nSPS) is 23.3. The molecule has 3 aliphatic carbocycles. The highest BCUT2D eigenvalue weighted by Gasteiger charge is 2.53. The summed E-state index contributed by atoms with van der Waals surface area (Å²) in [6.45, 7) is 2.11. The SMILES string of the molecule is COc1ccc2nc(NC(=O)[C@]3(C)CC4c5ccccc5C3c3ccccc34)sc2c1. The second-order valence-corrected chi connectivity index (χ2v) is 9.70. The standard InChI is InChI=1S/C26H22N2O2S/c1-26(24(29)28-25-27-21-12-11-15(30-2)13-22(21)31-25)14-20-16-7-3-5-9-18(16)23(26)19-10-6-4-8-17(19)20/h3-13,20,23H,14H2,1-2H3,(H,27,28,29)/t20?,23?,26-/m1/s1. The number of benzene rings is 3. The maximum absolute atomic E-state index is 13.7. The van der Waals surface area contributed by atoms with Gasteiger partial charge in [-0.3, -0.25) is 4.79 Å². The minimum atomic E-state index is -0.539. The number of hydrogen-bond acceptors (Lipinski definition) is 4. The molecule has 0 spiro atoms. The smallest absolute Gasteiger partial charge is 0.233 e. The number of thiazole rings is 1. The second kappa shape index (κ2) is 6.66. The number of ether oxygens (including phenoxy) is 1. The van der Waals surface area contributed by atoms with E-state index < -0.39 is 5.41 Å². The monoisotopic (exact) mass is 426 g/mol. The van der Waals surface area contributed by atoms with Crippen LogP contribution in [0.1, 0.15) is 47.4 Å². The topological polar surface area (TPSA) is 51.2 Å². The van der Waals surface area contributed by atoms with Crippen LogP contribution in [-0.4, -0.2) is 18.0 Å². The van der Waals surface area contributed by atoms with Gasteiger partial charge in [-0.1, -0.05) is 59.9 Å². The van der Waals surface area contributed by atoms with E-state index in [1.54, 1.807) is 7.11 Å². The van der Waals surface area contributed by atoms with E-state index in [1.165, 1.54) is 33.6 Å². The van der Waals surface area contributed by atoms with Crippen molar-refractivity contribution in [2.75, 3.05) is 12.4 Å². The minimum absolute atomic E-state index is 0.0394. The van der Waals surface area contributed by atoms with Crippen LogP contribution in [0.4, 0.5) is 5.13 Å². The van der Waals surface area contributed by atoms with Crippen LogP contribution in [0.5, 0.6) is 5.75 Å². The molecule has 1 aromatic heterocycles. The Bertz CT molecular complexity index is 1300. The molecule has 0 aliphatic heterocycles. The van der Waals surface area contributed by atoms with Crippen LogP contribution in [0.15, 0.2) is 66.7 Å². The van der Waals surface area contributed by atoms with E-state index >= 15 is 0 Å². The third kappa shape index (κ3) is 2.66. The highest BCUT2D eigenvalue weighted by atomic mass is 32.1. The molecule has 3 aromatic carbocycles. The molecule has 1 heterocycles. The number of carbonyl (C=O) groups excluding carboxylic acids is 1. The van der Waals surface area contributed by atoms with Gasteiger partial charge in [0.25, 0.3) is 0 Å². The van der Waals surface area contributed by atoms with Crippen molar-refractivity contribution in [2.45, 2.75) is 25.2 Å². The molecule has 1 atom stereocenters. The highest BCUT2D eigenvalue weighted by Crippen LogP contribution is 2.61. The van der Waals surface area contributed by atoms with E-state index in [-0.39, 0.29) is 17.7 Å². The Morgan fingerprint density at radius 3 is 2.32 bits per heavy atom. The van der Waals surface area contributed by atoms with Gasteiger partial charge in [0.05, 0.1) is 22.7 Å². The van der Waals surface area contributed by atoms with E-state index in [0.717, 1.165) is 22.4 Å². The molecule has 0 saturated heterocycles. The minimum Gasteiger partial charge on any atom is -0.497 e. The summed E-state index contributed by atoms with van der Waals surface area (Å²) in [6.07, 6.45) is 0.802. The van der Waals surface area contributed by atoms with Crippen molar-refractivity contribution in [3.63, 3.8) is 0 Å². The van der Waals surface area contributed by atoms with Gasteiger partial charge < -0.3 is 10.1 Å². The lowest BCUT2D eigenvalue weighted by Crippen LogP contribution is -2.47. The van der Waals surface area contributed by atoms with Gasteiger partial charge in [0.2, 0.25) is 5.91 Å². The summed E-state index contributed by atoms with van der Waals surface area (Å²) in [7, 11) is 1.65. The maximum atomic E-state index is 13.7. The number of anilines is 1. The summed E-state index contributed by atoms with van der Waals surface area (Å²) in [5.74, 6) is 1.11. The van der Waals surface area contributed by atoms with Gasteiger partial charge >= 0.3 is 0 Å². The predicted molar refractivity (Wildman–Crippen MR) is 124 cm³/mol. The average molecular weight is 427 g/mol. The first-order valence-corrected chi connectivity index (χ1v) is 11.3. The van der Waals surface area contributed by atoms with Crippen molar-refractivity contribution in [1.82, 2.24) is 4.98 Å². The van der Waals surface area contributed by atoms with Crippen LogP contribution < -0.4 is 10.1 Å². The first kappa shape index (κ1) is 18.6. The molecule has 0 saturated carbocycles. The number of fused-ring (bicyclic) bond motifs is 2. The summed E-state index contributed by atoms with van der Waals surface area (Å²) in [6, 6.07) is 23.0. The average Bonchev–Trinajstić information content (AvgIpc) is 3.20. The Kier molecular flexibility index (Phi) is 3.99. The molecule has 31 heavy (non-hydrogen) atoms. The molecule has 1 N–H and O–H groups in total. The molecular formula is C26H22N2O2S. The molecule has 0 unspecified atom stereocenters. The Hall–Kier alpha value is -3.18. The van der Waals surface area contributed by atoms with Crippen molar-refractivity contribution < 1.29 is 9.53 Å². The van der Waals surface area contributed by atoms with Crippen LogP contribution in [0.3, 0.4) is 0 Å². The van der Waals surface area contributed by atoms with Crippen LogP contribution in [0, 0.1) is 5.41 Å². The van der Waals surface area contributed by atoms with Crippen LogP contribution >= 0.6 is 11.3 Å². The second-order valence-electron chi connectivity index (χ2n) is 8.67. The van der Waals surface area contributed by atoms with E-state index in [0.29, 0.717) is 5.13 Å². The summed E-state index contributed by atoms with van der Waals surface area (Å²) in [5.41, 5.74) is 5.62. The van der Waals surface area contributed by atoms with Crippen molar-refractivity contribution in [2.24, 2.45) is 5.41 Å². The number of amides is 1. The molecule has 0 radical (unpaired) electrons. The Balaban J connectivity index is 1.40. The third-order valence-corrected chi connectivity index (χ3v) is 7.90. The number of rotatable bonds is 3. The highest BCUT2D eigenvalue weighted by molar-refractivity contribution is 7.22. The number of nitrogens with zero attached hydrogens (tertiary/aromatic N) is 1. The largest absolute Gasteiger partial charge is 0.497 e. The van der Waals surface area contributed by atoms with Gasteiger partial charge in [-0.05, 0) is 53.8 Å². The molecule has 7 rings (SSSR count). The first-order chi connectivity index (χ1) is 15.1. The maximum Gasteiger partial charge on any atom is 0.233 e. The van der Waals surface area contributed by atoms with E-state index in [4.69, 9.17) is 4.74 Å². The van der Waals surface area contributed by atoms with Crippen molar-refractivity contribution in [3.8, 4) is 5.75 Å². The van der Waals surface area contributed by atoms with Crippen molar-refractivity contribution >= 4 is 32.6 Å². The van der Waals surface area contributed by atoms with Crippen molar-refractivity contribution in [1.29, 1.82) is 0 Å². The van der Waals surface area contributed by atoms with Gasteiger partial charge in [-0.25, -0.2) is 4.98 Å². The predicted octanol–water partition coefficient (Wildman–Crippen LogP) is 5.93. The van der Waals surface area contributed by atoms with Crippen molar-refractivity contribution in [3.05, 3.63) is 89.0 Å². The molecule has 0 fully saturated rings. The summed E-state index contributed by atoms with van der Waals surface area (Å²) in [5, 5.41) is 3.79. The summed E-state index contributed by atoms with van der Waals surface area (Å²) in [4.78, 5) is 18.4. The Morgan fingerprint density at radius 2 is 1.68 bits per heavy atom. The molecule has 5 heteroatoms. The lowest BCUT2D eigenvalue weighted by Gasteiger charge is -2.50. The lowest BCUT2D eigenvalue weighted by molar-refractivity contribution is -0.126. The van der Waals surface area contributed by atoms with Crippen LogP contribution in [-0.2, 0) is 4.79 Å². The van der Waals surface area contributed by atoms with Gasteiger partial charge in [-0.2, -0.15) is 0 Å². The first-order valence-electron chi connectivity index (χ1n) is 10.5. The Labute approximate surface area is 184 Å². The quantitative estimate of drug-likeness (QED) is 0.442. The molecular weight excluding hydrogens is 404 g/mol. The molecule has 2 bridgehead atoms. The number of nitrogens with one attached hydrogen (secondary N) is 1. The Morgan fingerprint density at radius 1 is 1.03 bits per heavy atom. The molecule has 4 nitrogen and oxygen atoms in total. The van der Waals surface area contributed by atoms with E-state index in [2.05, 4.69) is 65.8 Å². The zero-order chi connectivity index (χ0) is 21.2. The summed E-state index contributed by atoms with van der Waals surface area (Å²) >= 11 is 1.49. The molecule has 1 amide bonds. The van der Waals surface area contributed by atoms with Crippen LogP contribution in [0.2, 0.25) is 0 Å². The van der Waals surface area contributed by atoms with Gasteiger partial charge in [0, 0.05) is 11.8 Å². The molecule has 4 aromatic rings. The zero-order valence-electron chi connectivity index (χ0n) is 17.4. The lowest BCUT2D eigenvalue weighted by atomic mass is 9.52. The van der Waals surface area contributed by atoms with Crippen LogP contribution in [0.25, 0.3) is 10.2 Å². The summed E-state index contributed by atoms with van der Waals surface area (Å²) < 4.78 is 6.32. The molecule has 154 valence electrons. The fraction of sp³-hybridized carbons (Fsp3) is 0.231. The molecule has 3 aliphatic rings. The number of hydrogen-bond donors (Lipinski definition) is 1. The number of carbonyl (C=O) groups is 1. The van der Waals surface area contributed by atoms with E-state index in [9.17, 15) is 4.79 Å². The fourth-order valence-electron chi connectivity index (χ4n) is 5.51. The third-order valence-electron chi connectivity index (χ3n) is 6.96. The fourth-order valence-corrected chi connectivity index (χ4v) is 6.40. The van der Waals surface area contributed by atoms with Gasteiger partial charge in [0.15, 0.2) is 5.13 Å². The number of aromatic nitrogens is 1. The zero-order valence-corrected chi connectivity index (χ0v) is 18.2. The van der Waals surface area contributed by atoms with E-state index in [1.807, 2.05) is 18.2 Å².